The van der Waals surface area contributed by atoms with E-state index in [1.165, 1.54) is 0 Å². The van der Waals surface area contributed by atoms with Crippen LogP contribution in [0.5, 0.6) is 5.75 Å². The predicted molar refractivity (Wildman–Crippen MR) is 89.6 cm³/mol. The van der Waals surface area contributed by atoms with Crippen molar-refractivity contribution in [2.75, 3.05) is 0 Å². The summed E-state index contributed by atoms with van der Waals surface area (Å²) in [4.78, 5) is 13.0. The summed E-state index contributed by atoms with van der Waals surface area (Å²) in [6.45, 7) is 2.00. The summed E-state index contributed by atoms with van der Waals surface area (Å²) in [5.41, 5.74) is 2.95. The van der Waals surface area contributed by atoms with Crippen molar-refractivity contribution in [2.24, 2.45) is 0 Å². The molecule has 3 aromatic carbocycles. The first kappa shape index (κ1) is 13.8. The van der Waals surface area contributed by atoms with Crippen LogP contribution in [0, 0.1) is 6.92 Å². The lowest BCUT2D eigenvalue weighted by Crippen LogP contribution is -2.36. The molecule has 0 saturated carbocycles. The van der Waals surface area contributed by atoms with E-state index in [1.807, 2.05) is 85.8 Å². The molecular weight excluding hydrogens is 284 g/mol. The molecule has 2 heteroatoms. The Labute approximate surface area is 135 Å². The number of carbonyl (C=O) groups is 1. The van der Waals surface area contributed by atoms with Crippen LogP contribution in [-0.4, -0.2) is 5.97 Å². The van der Waals surface area contributed by atoms with Crippen molar-refractivity contribution in [2.45, 2.75) is 12.3 Å². The van der Waals surface area contributed by atoms with Gasteiger partial charge in [-0.25, -0.2) is 4.79 Å². The molecule has 0 fully saturated rings. The molecule has 0 spiro atoms. The monoisotopic (exact) mass is 300 g/mol. The highest BCUT2D eigenvalue weighted by molar-refractivity contribution is 5.98. The summed E-state index contributed by atoms with van der Waals surface area (Å²) in [5.74, 6) is 0.415. The SMILES string of the molecule is Cc1ccc2c(c1)OC(=O)C2(c1ccccc1)c1ccccc1. The van der Waals surface area contributed by atoms with E-state index in [2.05, 4.69) is 0 Å². The number of esters is 1. The maximum absolute atomic E-state index is 13.0. The molecule has 4 rings (SSSR count). The number of aryl methyl sites for hydroxylation is 1. The van der Waals surface area contributed by atoms with E-state index in [-0.39, 0.29) is 5.97 Å². The molecule has 0 amide bonds. The molecule has 23 heavy (non-hydrogen) atoms. The minimum Gasteiger partial charge on any atom is -0.425 e. The molecule has 3 aromatic rings. The van der Waals surface area contributed by atoms with Gasteiger partial charge in [-0.05, 0) is 29.7 Å². The number of carbonyl (C=O) groups excluding carboxylic acids is 1. The van der Waals surface area contributed by atoms with Crippen LogP contribution in [0.1, 0.15) is 22.3 Å². The summed E-state index contributed by atoms with van der Waals surface area (Å²) < 4.78 is 5.67. The smallest absolute Gasteiger partial charge is 0.331 e. The summed E-state index contributed by atoms with van der Waals surface area (Å²) in [6, 6.07) is 25.7. The highest BCUT2D eigenvalue weighted by Crippen LogP contribution is 2.48. The third-order valence-electron chi connectivity index (χ3n) is 4.46. The van der Waals surface area contributed by atoms with Gasteiger partial charge < -0.3 is 4.74 Å². The third-order valence-corrected chi connectivity index (χ3v) is 4.46. The molecule has 0 unspecified atom stereocenters. The van der Waals surface area contributed by atoms with E-state index < -0.39 is 5.41 Å². The summed E-state index contributed by atoms with van der Waals surface area (Å²) in [6.07, 6.45) is 0. The Morgan fingerprint density at radius 2 is 1.35 bits per heavy atom. The number of hydrogen-bond acceptors (Lipinski definition) is 2. The summed E-state index contributed by atoms with van der Waals surface area (Å²) in [7, 11) is 0. The van der Waals surface area contributed by atoms with Gasteiger partial charge in [0.05, 0.1) is 0 Å². The van der Waals surface area contributed by atoms with Gasteiger partial charge in [0.1, 0.15) is 11.2 Å². The second-order valence-corrected chi connectivity index (χ2v) is 5.87. The first-order chi connectivity index (χ1) is 11.2. The Morgan fingerprint density at radius 1 is 0.783 bits per heavy atom. The van der Waals surface area contributed by atoms with Gasteiger partial charge >= 0.3 is 5.97 Å². The highest BCUT2D eigenvalue weighted by atomic mass is 16.5. The van der Waals surface area contributed by atoms with Gasteiger partial charge in [-0.15, -0.1) is 0 Å². The van der Waals surface area contributed by atoms with Crippen LogP contribution >= 0.6 is 0 Å². The van der Waals surface area contributed by atoms with Crippen LogP contribution in [-0.2, 0) is 10.2 Å². The van der Waals surface area contributed by atoms with Crippen molar-refractivity contribution in [1.82, 2.24) is 0 Å². The zero-order valence-corrected chi connectivity index (χ0v) is 12.8. The molecule has 0 radical (unpaired) electrons. The minimum atomic E-state index is -0.897. The van der Waals surface area contributed by atoms with Crippen LogP contribution < -0.4 is 4.74 Å². The Bertz CT molecular complexity index is 827. The average molecular weight is 300 g/mol. The number of ether oxygens (including phenoxy) is 1. The maximum Gasteiger partial charge on any atom is 0.331 e. The molecule has 1 aliphatic rings. The van der Waals surface area contributed by atoms with Gasteiger partial charge in [-0.3, -0.25) is 0 Å². The van der Waals surface area contributed by atoms with Gasteiger partial charge in [-0.1, -0.05) is 72.8 Å². The number of rotatable bonds is 2. The van der Waals surface area contributed by atoms with E-state index >= 15 is 0 Å². The Morgan fingerprint density at radius 3 is 1.91 bits per heavy atom. The molecule has 0 aliphatic carbocycles. The average Bonchev–Trinajstić information content (AvgIpc) is 2.88. The zero-order chi connectivity index (χ0) is 15.9. The predicted octanol–water partition coefficient (Wildman–Crippen LogP) is 4.25. The fourth-order valence-corrected chi connectivity index (χ4v) is 3.40. The quantitative estimate of drug-likeness (QED) is 0.522. The first-order valence-corrected chi connectivity index (χ1v) is 7.67. The van der Waals surface area contributed by atoms with E-state index in [1.54, 1.807) is 0 Å². The molecule has 2 nitrogen and oxygen atoms in total. The summed E-state index contributed by atoms with van der Waals surface area (Å²) in [5, 5.41) is 0. The van der Waals surface area contributed by atoms with Crippen molar-refractivity contribution >= 4 is 5.97 Å². The van der Waals surface area contributed by atoms with Crippen LogP contribution in [0.2, 0.25) is 0 Å². The van der Waals surface area contributed by atoms with E-state index in [0.717, 1.165) is 22.3 Å². The molecule has 0 aromatic heterocycles. The van der Waals surface area contributed by atoms with Crippen molar-refractivity contribution in [3.05, 3.63) is 101 Å². The lowest BCUT2D eigenvalue weighted by molar-refractivity contribution is -0.135. The highest BCUT2D eigenvalue weighted by Gasteiger charge is 2.51. The van der Waals surface area contributed by atoms with Crippen LogP contribution in [0.4, 0.5) is 0 Å². The Balaban J connectivity index is 2.08. The van der Waals surface area contributed by atoms with Crippen LogP contribution in [0.3, 0.4) is 0 Å². The second kappa shape index (κ2) is 5.10. The molecule has 0 N–H and O–H groups in total. The first-order valence-electron chi connectivity index (χ1n) is 7.67. The molecule has 0 saturated heterocycles. The normalized spacial score (nSPS) is 15.1. The van der Waals surface area contributed by atoms with Gasteiger partial charge in [-0.2, -0.15) is 0 Å². The molecule has 0 atom stereocenters. The van der Waals surface area contributed by atoms with Gasteiger partial charge in [0, 0.05) is 5.56 Å². The second-order valence-electron chi connectivity index (χ2n) is 5.87. The topological polar surface area (TPSA) is 26.3 Å². The van der Waals surface area contributed by atoms with Crippen molar-refractivity contribution < 1.29 is 9.53 Å². The standard InChI is InChI=1S/C21H16O2/c1-15-12-13-18-19(14-15)23-20(22)21(18,16-8-4-2-5-9-16)17-10-6-3-7-11-17/h2-14H,1H3. The molecule has 1 heterocycles. The molecular formula is C21H16O2. The third kappa shape index (κ3) is 1.92. The maximum atomic E-state index is 13.0. The molecule has 1 aliphatic heterocycles. The lowest BCUT2D eigenvalue weighted by atomic mass is 9.70. The minimum absolute atomic E-state index is 0.240. The summed E-state index contributed by atoms with van der Waals surface area (Å²) >= 11 is 0. The van der Waals surface area contributed by atoms with Crippen molar-refractivity contribution in [3.8, 4) is 5.75 Å². The Hall–Kier alpha value is -2.87. The number of benzene rings is 3. The Kier molecular flexibility index (Phi) is 3.05. The van der Waals surface area contributed by atoms with Gasteiger partial charge in [0.25, 0.3) is 0 Å². The lowest BCUT2D eigenvalue weighted by Gasteiger charge is -2.27. The van der Waals surface area contributed by atoms with Gasteiger partial charge in [0.15, 0.2) is 0 Å². The van der Waals surface area contributed by atoms with E-state index in [9.17, 15) is 4.79 Å². The van der Waals surface area contributed by atoms with Crippen molar-refractivity contribution in [1.29, 1.82) is 0 Å². The molecule has 112 valence electrons. The number of hydrogen-bond donors (Lipinski definition) is 0. The van der Waals surface area contributed by atoms with Crippen molar-refractivity contribution in [3.63, 3.8) is 0 Å². The van der Waals surface area contributed by atoms with Crippen LogP contribution in [0.15, 0.2) is 78.9 Å². The zero-order valence-electron chi connectivity index (χ0n) is 12.8. The largest absolute Gasteiger partial charge is 0.425 e. The fourth-order valence-electron chi connectivity index (χ4n) is 3.40. The number of fused-ring (bicyclic) bond motifs is 1. The van der Waals surface area contributed by atoms with Gasteiger partial charge in [0.2, 0.25) is 0 Å². The molecule has 0 bridgehead atoms. The van der Waals surface area contributed by atoms with E-state index in [0.29, 0.717) is 5.75 Å². The fraction of sp³-hybridized carbons (Fsp3) is 0.0952. The van der Waals surface area contributed by atoms with Crippen LogP contribution in [0.25, 0.3) is 0 Å². The van der Waals surface area contributed by atoms with E-state index in [4.69, 9.17) is 4.74 Å².